The van der Waals surface area contributed by atoms with Gasteiger partial charge < -0.3 is 14.8 Å². The molecule has 0 aliphatic rings. The summed E-state index contributed by atoms with van der Waals surface area (Å²) in [6, 6.07) is 8.70. The van der Waals surface area contributed by atoms with Gasteiger partial charge >= 0.3 is 0 Å². The number of hydrogen-bond acceptors (Lipinski definition) is 1. The molecule has 0 bridgehead atoms. The van der Waals surface area contributed by atoms with Crippen LogP contribution in [0.3, 0.4) is 0 Å². The number of guanidine groups is 1. The zero-order valence-electron chi connectivity index (χ0n) is 13.7. The summed E-state index contributed by atoms with van der Waals surface area (Å²) in [6.45, 7) is 1.51. The highest BCUT2D eigenvalue weighted by atomic mass is 79.9. The van der Waals surface area contributed by atoms with E-state index in [1.54, 1.807) is 7.05 Å². The van der Waals surface area contributed by atoms with Gasteiger partial charge in [-0.05, 0) is 46.1 Å². The number of nitrogens with zero attached hydrogens (tertiary/aromatic N) is 3. The molecule has 0 amide bonds. The second-order valence-electron chi connectivity index (χ2n) is 5.47. The molecule has 0 saturated heterocycles. The first-order valence-corrected chi connectivity index (χ1v) is 8.26. The van der Waals surface area contributed by atoms with Crippen LogP contribution in [0.4, 0.5) is 4.39 Å². The normalized spacial score (nSPS) is 11.6. The summed E-state index contributed by atoms with van der Waals surface area (Å²) >= 11 is 3.49. The number of aromatic nitrogens is 1. The largest absolute Gasteiger partial charge is 0.356 e. The summed E-state index contributed by atoms with van der Waals surface area (Å²) in [5.41, 5.74) is 2.30. The highest BCUT2D eigenvalue weighted by molar-refractivity contribution is 9.10. The summed E-state index contributed by atoms with van der Waals surface area (Å²) in [7, 11) is 5.81. The molecule has 0 spiro atoms. The molecular weight excluding hydrogens is 359 g/mol. The van der Waals surface area contributed by atoms with Gasteiger partial charge in [0.1, 0.15) is 5.82 Å². The Bertz CT molecular complexity index is 664. The van der Waals surface area contributed by atoms with E-state index in [2.05, 4.69) is 41.8 Å². The van der Waals surface area contributed by atoms with Crippen molar-refractivity contribution in [1.29, 1.82) is 0 Å². The van der Waals surface area contributed by atoms with Crippen molar-refractivity contribution in [3.63, 3.8) is 0 Å². The molecule has 0 saturated carbocycles. The number of nitrogens with one attached hydrogen (secondary N) is 1. The van der Waals surface area contributed by atoms with Crippen LogP contribution in [-0.2, 0) is 20.0 Å². The molecule has 6 heteroatoms. The summed E-state index contributed by atoms with van der Waals surface area (Å²) in [4.78, 5) is 6.39. The van der Waals surface area contributed by atoms with Crippen molar-refractivity contribution in [2.24, 2.45) is 12.0 Å². The number of aliphatic imine (C=N–C) groups is 1. The minimum atomic E-state index is -0.203. The molecule has 23 heavy (non-hydrogen) atoms. The van der Waals surface area contributed by atoms with E-state index < -0.39 is 0 Å². The van der Waals surface area contributed by atoms with Gasteiger partial charge in [0.25, 0.3) is 0 Å². The number of halogens is 2. The Morgan fingerprint density at radius 2 is 2.04 bits per heavy atom. The maximum atomic E-state index is 12.9. The summed E-state index contributed by atoms with van der Waals surface area (Å²) in [6.07, 6.45) is 2.86. The Hall–Kier alpha value is -1.82. The minimum Gasteiger partial charge on any atom is -0.356 e. The molecule has 1 aromatic carbocycles. The van der Waals surface area contributed by atoms with Crippen molar-refractivity contribution in [3.8, 4) is 0 Å². The smallest absolute Gasteiger partial charge is 0.193 e. The molecule has 0 aliphatic heterocycles. The Kier molecular flexibility index (Phi) is 6.21. The molecule has 124 valence electrons. The van der Waals surface area contributed by atoms with Gasteiger partial charge in [-0.1, -0.05) is 12.1 Å². The lowest BCUT2D eigenvalue weighted by Crippen LogP contribution is -2.39. The van der Waals surface area contributed by atoms with Crippen LogP contribution < -0.4 is 5.32 Å². The molecule has 1 N–H and O–H groups in total. The van der Waals surface area contributed by atoms with Gasteiger partial charge in [-0.2, -0.15) is 0 Å². The number of benzene rings is 1. The molecule has 2 rings (SSSR count). The van der Waals surface area contributed by atoms with E-state index >= 15 is 0 Å². The molecule has 2 aromatic rings. The lowest BCUT2D eigenvalue weighted by atomic mass is 10.1. The van der Waals surface area contributed by atoms with Crippen LogP contribution in [0.1, 0.15) is 11.3 Å². The lowest BCUT2D eigenvalue weighted by Gasteiger charge is -2.22. The van der Waals surface area contributed by atoms with Crippen LogP contribution in [0.15, 0.2) is 46.0 Å². The van der Waals surface area contributed by atoms with E-state index in [1.807, 2.05) is 32.4 Å². The molecule has 0 atom stereocenters. The first-order valence-electron chi connectivity index (χ1n) is 7.46. The first kappa shape index (κ1) is 17.5. The van der Waals surface area contributed by atoms with Crippen LogP contribution in [0.5, 0.6) is 0 Å². The van der Waals surface area contributed by atoms with E-state index in [1.165, 1.54) is 17.8 Å². The van der Waals surface area contributed by atoms with Crippen LogP contribution >= 0.6 is 15.9 Å². The van der Waals surface area contributed by atoms with Gasteiger partial charge in [0.05, 0.1) is 6.54 Å². The Balaban J connectivity index is 1.87. The van der Waals surface area contributed by atoms with Gasteiger partial charge in [-0.15, -0.1) is 0 Å². The predicted octanol–water partition coefficient (Wildman–Crippen LogP) is 3.18. The summed E-state index contributed by atoms with van der Waals surface area (Å²) in [5.74, 6) is 0.635. The maximum Gasteiger partial charge on any atom is 0.193 e. The molecule has 0 fully saturated rings. The monoisotopic (exact) mass is 380 g/mol. The fourth-order valence-electron chi connectivity index (χ4n) is 2.40. The van der Waals surface area contributed by atoms with Crippen molar-refractivity contribution in [3.05, 3.63) is 58.1 Å². The van der Waals surface area contributed by atoms with Gasteiger partial charge in [0, 0.05) is 44.1 Å². The fraction of sp³-hybridized carbons (Fsp3) is 0.353. The first-order chi connectivity index (χ1) is 11.0. The number of aryl methyl sites for hydroxylation is 1. The predicted molar refractivity (Wildman–Crippen MR) is 96.0 cm³/mol. The quantitative estimate of drug-likeness (QED) is 0.638. The van der Waals surface area contributed by atoms with Gasteiger partial charge in [-0.3, -0.25) is 4.99 Å². The third-order valence-corrected chi connectivity index (χ3v) is 4.09. The average Bonchev–Trinajstić information content (AvgIpc) is 2.83. The van der Waals surface area contributed by atoms with E-state index in [0.717, 1.165) is 35.5 Å². The fourth-order valence-corrected chi connectivity index (χ4v) is 2.97. The van der Waals surface area contributed by atoms with Crippen molar-refractivity contribution in [2.75, 3.05) is 20.6 Å². The number of hydrogen-bond donors (Lipinski definition) is 1. The molecule has 1 heterocycles. The van der Waals surface area contributed by atoms with E-state index in [0.29, 0.717) is 0 Å². The highest BCUT2D eigenvalue weighted by Gasteiger charge is 2.09. The second kappa shape index (κ2) is 8.15. The lowest BCUT2D eigenvalue weighted by molar-refractivity contribution is 0.462. The topological polar surface area (TPSA) is 32.6 Å². The van der Waals surface area contributed by atoms with Crippen LogP contribution in [0.25, 0.3) is 0 Å². The third kappa shape index (κ3) is 5.10. The summed E-state index contributed by atoms with van der Waals surface area (Å²) in [5, 5.41) is 3.34. The molecule has 0 unspecified atom stereocenters. The van der Waals surface area contributed by atoms with E-state index in [-0.39, 0.29) is 5.82 Å². The molecular formula is C17H22BrFN4. The standard InChI is InChI=1S/C17H22BrFN4/c1-20-17(21-9-8-13-4-6-15(19)7-5-13)23(3)12-16-10-14(18)11-22(16)2/h4-7,10-11H,8-9,12H2,1-3H3,(H,20,21). The minimum absolute atomic E-state index is 0.203. The Labute approximate surface area is 145 Å². The van der Waals surface area contributed by atoms with Crippen molar-refractivity contribution >= 4 is 21.9 Å². The van der Waals surface area contributed by atoms with Gasteiger partial charge in [0.15, 0.2) is 5.96 Å². The van der Waals surface area contributed by atoms with Crippen molar-refractivity contribution in [1.82, 2.24) is 14.8 Å². The zero-order valence-corrected chi connectivity index (χ0v) is 15.3. The Morgan fingerprint density at radius 3 is 2.61 bits per heavy atom. The molecule has 0 aliphatic carbocycles. The summed E-state index contributed by atoms with van der Waals surface area (Å²) < 4.78 is 16.1. The third-order valence-electron chi connectivity index (χ3n) is 3.66. The number of rotatable bonds is 5. The second-order valence-corrected chi connectivity index (χ2v) is 6.38. The SMILES string of the molecule is CN=C(NCCc1ccc(F)cc1)N(C)Cc1cc(Br)cn1C. The Morgan fingerprint density at radius 1 is 1.35 bits per heavy atom. The van der Waals surface area contributed by atoms with E-state index in [4.69, 9.17) is 0 Å². The molecule has 0 radical (unpaired) electrons. The van der Waals surface area contributed by atoms with Crippen LogP contribution in [0.2, 0.25) is 0 Å². The maximum absolute atomic E-state index is 12.9. The zero-order chi connectivity index (χ0) is 16.8. The molecule has 1 aromatic heterocycles. The van der Waals surface area contributed by atoms with Gasteiger partial charge in [0.2, 0.25) is 0 Å². The molecule has 4 nitrogen and oxygen atoms in total. The highest BCUT2D eigenvalue weighted by Crippen LogP contribution is 2.14. The van der Waals surface area contributed by atoms with E-state index in [9.17, 15) is 4.39 Å². The van der Waals surface area contributed by atoms with Crippen LogP contribution in [0, 0.1) is 5.82 Å². The van der Waals surface area contributed by atoms with Crippen molar-refractivity contribution < 1.29 is 4.39 Å². The van der Waals surface area contributed by atoms with Crippen LogP contribution in [-0.4, -0.2) is 36.1 Å². The van der Waals surface area contributed by atoms with Gasteiger partial charge in [-0.25, -0.2) is 4.39 Å². The average molecular weight is 381 g/mol. The van der Waals surface area contributed by atoms with Crippen molar-refractivity contribution in [2.45, 2.75) is 13.0 Å².